The molecule has 3 nitrogen and oxygen atoms in total. The van der Waals surface area contributed by atoms with Crippen molar-refractivity contribution in [1.29, 1.82) is 0 Å². The lowest BCUT2D eigenvalue weighted by molar-refractivity contribution is 0.312. The Kier molecular flexibility index (Phi) is 11.2. The third kappa shape index (κ3) is 6.94. The number of aryl methyl sites for hydroxylation is 2. The van der Waals surface area contributed by atoms with Gasteiger partial charge in [-0.2, -0.15) is 0 Å². The number of benzene rings is 4. The van der Waals surface area contributed by atoms with Gasteiger partial charge in [0.1, 0.15) is 5.76 Å². The zero-order chi connectivity index (χ0) is 32.3. The number of ether oxygens (including phenoxy) is 1. The Bertz CT molecular complexity index is 1840. The van der Waals surface area contributed by atoms with Crippen LogP contribution in [0.25, 0.3) is 27.5 Å². The van der Waals surface area contributed by atoms with Crippen LogP contribution in [-0.2, 0) is 4.74 Å². The number of anilines is 1. The molecule has 0 radical (unpaired) electrons. The Morgan fingerprint density at radius 3 is 1.69 bits per heavy atom. The third-order valence-corrected chi connectivity index (χ3v) is 7.36. The van der Waals surface area contributed by atoms with Gasteiger partial charge >= 0.3 is 0 Å². The molecule has 0 bridgehead atoms. The molecular formula is C42H44N2O. The van der Waals surface area contributed by atoms with E-state index in [0.29, 0.717) is 0 Å². The van der Waals surface area contributed by atoms with Gasteiger partial charge in [0, 0.05) is 22.1 Å². The van der Waals surface area contributed by atoms with E-state index >= 15 is 0 Å². The van der Waals surface area contributed by atoms with Gasteiger partial charge in [-0.3, -0.25) is 0 Å². The van der Waals surface area contributed by atoms with Crippen molar-refractivity contribution in [2.45, 2.75) is 41.5 Å². The van der Waals surface area contributed by atoms with E-state index in [-0.39, 0.29) is 0 Å². The quantitative estimate of drug-likeness (QED) is 0.202. The molecule has 0 amide bonds. The number of hydrogen-bond donors (Lipinski definition) is 0. The van der Waals surface area contributed by atoms with Crippen LogP contribution in [0, 0.1) is 13.8 Å². The van der Waals surface area contributed by atoms with Gasteiger partial charge in [-0.1, -0.05) is 98.8 Å². The van der Waals surface area contributed by atoms with Gasteiger partial charge in [0.25, 0.3) is 0 Å². The minimum atomic E-state index is 0.774. The summed E-state index contributed by atoms with van der Waals surface area (Å²) in [5.74, 6) is 1.57. The Balaban J connectivity index is 0.000000194. The fraction of sp³-hybridized carbons (Fsp3) is 0.143. The van der Waals surface area contributed by atoms with Crippen molar-refractivity contribution in [3.8, 4) is 5.69 Å². The van der Waals surface area contributed by atoms with Gasteiger partial charge in [0.2, 0.25) is 0 Å². The Labute approximate surface area is 269 Å². The minimum Gasteiger partial charge on any atom is -0.453 e. The summed E-state index contributed by atoms with van der Waals surface area (Å²) < 4.78 is 8.37. The van der Waals surface area contributed by atoms with Crippen molar-refractivity contribution in [2.24, 2.45) is 0 Å². The first kappa shape index (κ1) is 32.6. The first-order valence-corrected chi connectivity index (χ1v) is 15.6. The molecule has 0 unspecified atom stereocenters. The maximum atomic E-state index is 6.02. The standard InChI is InChI=1S/C20H21NO.C20H17N.C2H6/c1-5-12-18-19(8-4)22-20(13-6-2)17(7-3)21(18)16-14-10-9-11-15-16;1-14-8-10-19-17(12-14)18-13-15(2)9-11-20(18)21(19)16-6-4-3-5-7-16;1-2/h5-15H,1,3H2,2,4H3;3-13H,1-2H3;1-2H3/b13-6-,18-12+,19-8+;;. The summed E-state index contributed by atoms with van der Waals surface area (Å²) in [4.78, 5) is 2.13. The SMILES string of the molecule is C=C/C=C1\C(=C/C)OC(/C=C\C)=C(C=C)N1c1ccccc1.CC.Cc1ccc2c(c1)c1cc(C)ccc1n2-c1ccccc1. The van der Waals surface area contributed by atoms with Crippen molar-refractivity contribution < 1.29 is 4.74 Å². The Hall–Kier alpha value is -5.28. The molecule has 4 aromatic carbocycles. The summed E-state index contributed by atoms with van der Waals surface area (Å²) in [5, 5.41) is 2.66. The van der Waals surface area contributed by atoms with Crippen LogP contribution in [0.4, 0.5) is 5.69 Å². The average Bonchev–Trinajstić information content (AvgIpc) is 3.39. The molecule has 45 heavy (non-hydrogen) atoms. The third-order valence-electron chi connectivity index (χ3n) is 7.36. The van der Waals surface area contributed by atoms with Crippen molar-refractivity contribution in [3.05, 3.63) is 181 Å². The predicted octanol–water partition coefficient (Wildman–Crippen LogP) is 11.9. The number of allylic oxidation sites excluding steroid dienone is 6. The first-order chi connectivity index (χ1) is 22.0. The van der Waals surface area contributed by atoms with Gasteiger partial charge in [0.15, 0.2) is 5.76 Å². The molecule has 0 spiro atoms. The molecule has 5 aromatic rings. The highest BCUT2D eigenvalue weighted by Crippen LogP contribution is 2.37. The molecule has 1 aromatic heterocycles. The van der Waals surface area contributed by atoms with Gasteiger partial charge < -0.3 is 14.2 Å². The highest BCUT2D eigenvalue weighted by Gasteiger charge is 2.27. The molecule has 0 fully saturated rings. The fourth-order valence-corrected chi connectivity index (χ4v) is 5.47. The Morgan fingerprint density at radius 1 is 0.689 bits per heavy atom. The smallest absolute Gasteiger partial charge is 0.151 e. The molecule has 0 saturated carbocycles. The summed E-state index contributed by atoms with van der Waals surface area (Å²) in [6, 6.07) is 34.1. The lowest BCUT2D eigenvalue weighted by Gasteiger charge is -2.35. The molecule has 6 rings (SSSR count). The van der Waals surface area contributed by atoms with E-state index in [0.717, 1.165) is 28.6 Å². The van der Waals surface area contributed by atoms with Crippen LogP contribution in [0.2, 0.25) is 0 Å². The van der Waals surface area contributed by atoms with Crippen LogP contribution in [-0.4, -0.2) is 4.57 Å². The largest absolute Gasteiger partial charge is 0.453 e. The van der Waals surface area contributed by atoms with Crippen LogP contribution in [0.15, 0.2) is 170 Å². The molecule has 228 valence electrons. The fourth-order valence-electron chi connectivity index (χ4n) is 5.47. The number of fused-ring (bicyclic) bond motifs is 3. The average molecular weight is 593 g/mol. The van der Waals surface area contributed by atoms with E-state index < -0.39 is 0 Å². The highest BCUT2D eigenvalue weighted by molar-refractivity contribution is 6.09. The van der Waals surface area contributed by atoms with Crippen LogP contribution < -0.4 is 4.90 Å². The number of aromatic nitrogens is 1. The van der Waals surface area contributed by atoms with Crippen molar-refractivity contribution >= 4 is 27.5 Å². The van der Waals surface area contributed by atoms with Crippen LogP contribution in [0.3, 0.4) is 0 Å². The minimum absolute atomic E-state index is 0.774. The summed E-state index contributed by atoms with van der Waals surface area (Å²) in [6.45, 7) is 20.0. The summed E-state index contributed by atoms with van der Waals surface area (Å²) in [6.07, 6.45) is 11.4. The van der Waals surface area contributed by atoms with Gasteiger partial charge in [-0.05, 0) is 101 Å². The number of para-hydroxylation sites is 2. The zero-order valence-electron chi connectivity index (χ0n) is 27.4. The van der Waals surface area contributed by atoms with Crippen molar-refractivity contribution in [3.63, 3.8) is 0 Å². The predicted molar refractivity (Wildman–Crippen MR) is 196 cm³/mol. The molecule has 0 saturated heterocycles. The second kappa shape index (κ2) is 15.4. The van der Waals surface area contributed by atoms with Crippen LogP contribution in [0.1, 0.15) is 38.8 Å². The monoisotopic (exact) mass is 592 g/mol. The first-order valence-electron chi connectivity index (χ1n) is 15.6. The lowest BCUT2D eigenvalue weighted by Crippen LogP contribution is -2.28. The molecule has 0 N–H and O–H groups in total. The normalized spacial score (nSPS) is 14.7. The maximum absolute atomic E-state index is 6.02. The highest BCUT2D eigenvalue weighted by atomic mass is 16.5. The molecule has 2 heterocycles. The van der Waals surface area contributed by atoms with E-state index in [2.05, 4.69) is 115 Å². The van der Waals surface area contributed by atoms with E-state index in [9.17, 15) is 0 Å². The van der Waals surface area contributed by atoms with Crippen LogP contribution in [0.5, 0.6) is 0 Å². The maximum Gasteiger partial charge on any atom is 0.151 e. The van der Waals surface area contributed by atoms with Crippen molar-refractivity contribution in [2.75, 3.05) is 4.90 Å². The second-order valence-corrected chi connectivity index (χ2v) is 10.4. The van der Waals surface area contributed by atoms with E-state index in [1.807, 2.05) is 76.3 Å². The van der Waals surface area contributed by atoms with E-state index in [1.165, 1.54) is 38.6 Å². The Morgan fingerprint density at radius 2 is 1.22 bits per heavy atom. The summed E-state index contributed by atoms with van der Waals surface area (Å²) in [5.41, 5.74) is 9.25. The lowest BCUT2D eigenvalue weighted by atomic mass is 10.1. The van der Waals surface area contributed by atoms with Gasteiger partial charge in [-0.25, -0.2) is 0 Å². The summed E-state index contributed by atoms with van der Waals surface area (Å²) >= 11 is 0. The number of rotatable bonds is 5. The van der Waals surface area contributed by atoms with E-state index in [4.69, 9.17) is 4.74 Å². The van der Waals surface area contributed by atoms with Gasteiger partial charge in [-0.15, -0.1) is 0 Å². The molecular weight excluding hydrogens is 548 g/mol. The molecule has 1 aliphatic heterocycles. The molecule has 1 aliphatic rings. The molecule has 0 aliphatic carbocycles. The topological polar surface area (TPSA) is 17.4 Å². The summed E-state index contributed by atoms with van der Waals surface area (Å²) in [7, 11) is 0. The van der Waals surface area contributed by atoms with E-state index in [1.54, 1.807) is 6.08 Å². The second-order valence-electron chi connectivity index (χ2n) is 10.4. The number of nitrogens with zero attached hydrogens (tertiary/aromatic N) is 2. The van der Waals surface area contributed by atoms with Gasteiger partial charge in [0.05, 0.1) is 22.4 Å². The zero-order valence-corrected chi connectivity index (χ0v) is 27.4. The van der Waals surface area contributed by atoms with Crippen molar-refractivity contribution in [1.82, 2.24) is 4.57 Å². The molecule has 0 atom stereocenters. The van der Waals surface area contributed by atoms with Crippen LogP contribution >= 0.6 is 0 Å². The number of hydrogen-bond acceptors (Lipinski definition) is 2. The molecule has 3 heteroatoms.